The summed E-state index contributed by atoms with van der Waals surface area (Å²) in [7, 11) is 1.58. The molecule has 3 N–H and O–H groups in total. The quantitative estimate of drug-likeness (QED) is 0.844. The summed E-state index contributed by atoms with van der Waals surface area (Å²) < 4.78 is 5.24. The lowest BCUT2D eigenvalue weighted by atomic mass is 9.95. The van der Waals surface area contributed by atoms with Crippen molar-refractivity contribution in [3.63, 3.8) is 0 Å². The second kappa shape index (κ2) is 9.49. The van der Waals surface area contributed by atoms with E-state index in [2.05, 4.69) is 5.32 Å². The Morgan fingerprint density at radius 2 is 1.96 bits per heavy atom. The van der Waals surface area contributed by atoms with Crippen molar-refractivity contribution < 1.29 is 14.3 Å². The topological polar surface area (TPSA) is 84.7 Å². The van der Waals surface area contributed by atoms with Crippen molar-refractivity contribution in [3.8, 4) is 5.75 Å². The van der Waals surface area contributed by atoms with Crippen molar-refractivity contribution in [2.75, 3.05) is 32.1 Å². The average Bonchev–Trinajstić information content (AvgIpc) is 2.61. The first-order valence-corrected chi connectivity index (χ1v) is 7.99. The second-order valence-corrected chi connectivity index (χ2v) is 5.93. The van der Waals surface area contributed by atoms with E-state index in [1.165, 1.54) is 0 Å². The maximum Gasteiger partial charge on any atom is 0.227 e. The molecule has 1 aliphatic heterocycles. The fraction of sp³-hybridized carbons (Fsp3) is 0.529. The number of likely N-dealkylation sites (tertiary alicyclic amines) is 1. The molecular formula is C17H26ClN3O3. The van der Waals surface area contributed by atoms with E-state index in [-0.39, 0.29) is 36.1 Å². The third-order valence-electron chi connectivity index (χ3n) is 4.32. The van der Waals surface area contributed by atoms with Gasteiger partial charge in [-0.15, -0.1) is 12.4 Å². The van der Waals surface area contributed by atoms with E-state index >= 15 is 0 Å². The number of anilines is 1. The highest BCUT2D eigenvalue weighted by atomic mass is 35.5. The number of nitrogens with two attached hydrogens (primary N) is 1. The maximum absolute atomic E-state index is 12.4. The minimum absolute atomic E-state index is 0. The molecule has 1 saturated heterocycles. The SMILES string of the molecule is COc1ccccc1NC(=O)C1CCN(C(=O)C(C)CN)CC1.Cl. The Labute approximate surface area is 149 Å². The Bertz CT molecular complexity index is 560. The van der Waals surface area contributed by atoms with Crippen LogP contribution in [0, 0.1) is 11.8 Å². The highest BCUT2D eigenvalue weighted by molar-refractivity contribution is 5.94. The Hall–Kier alpha value is -1.79. The molecule has 2 rings (SSSR count). The lowest BCUT2D eigenvalue weighted by Crippen LogP contribution is -2.44. The van der Waals surface area contributed by atoms with Gasteiger partial charge in [0.1, 0.15) is 5.75 Å². The van der Waals surface area contributed by atoms with Gasteiger partial charge in [0.25, 0.3) is 0 Å². The van der Waals surface area contributed by atoms with Crippen LogP contribution < -0.4 is 15.8 Å². The summed E-state index contributed by atoms with van der Waals surface area (Å²) in [6.45, 7) is 3.40. The summed E-state index contributed by atoms with van der Waals surface area (Å²) >= 11 is 0. The summed E-state index contributed by atoms with van der Waals surface area (Å²) in [4.78, 5) is 26.3. The standard InChI is InChI=1S/C17H25N3O3.ClH/c1-12(11-18)17(22)20-9-7-13(8-10-20)16(21)19-14-5-3-4-6-15(14)23-2;/h3-6,12-13H,7-11,18H2,1-2H3,(H,19,21);1H. The second-order valence-electron chi connectivity index (χ2n) is 5.93. The number of rotatable bonds is 5. The van der Waals surface area contributed by atoms with Gasteiger partial charge in [0.05, 0.1) is 12.8 Å². The molecule has 1 heterocycles. The smallest absolute Gasteiger partial charge is 0.227 e. The molecule has 1 unspecified atom stereocenters. The number of hydrogen-bond acceptors (Lipinski definition) is 4. The van der Waals surface area contributed by atoms with E-state index in [1.807, 2.05) is 36.1 Å². The number of ether oxygens (including phenoxy) is 1. The molecule has 0 bridgehead atoms. The van der Waals surface area contributed by atoms with E-state index in [0.717, 1.165) is 0 Å². The molecule has 0 aromatic heterocycles. The minimum atomic E-state index is -0.158. The van der Waals surface area contributed by atoms with Crippen LogP contribution in [-0.4, -0.2) is 43.5 Å². The highest BCUT2D eigenvalue weighted by Gasteiger charge is 2.29. The van der Waals surface area contributed by atoms with Crippen LogP contribution in [0.25, 0.3) is 0 Å². The van der Waals surface area contributed by atoms with Crippen molar-refractivity contribution in [2.24, 2.45) is 17.6 Å². The number of amides is 2. The van der Waals surface area contributed by atoms with Crippen LogP contribution in [0.4, 0.5) is 5.69 Å². The van der Waals surface area contributed by atoms with Gasteiger partial charge in [-0.25, -0.2) is 0 Å². The Balaban J connectivity index is 0.00000288. The van der Waals surface area contributed by atoms with Crippen LogP contribution in [-0.2, 0) is 9.59 Å². The number of carbonyl (C=O) groups excluding carboxylic acids is 2. The molecule has 24 heavy (non-hydrogen) atoms. The summed E-state index contributed by atoms with van der Waals surface area (Å²) in [5.41, 5.74) is 6.22. The number of nitrogens with zero attached hydrogens (tertiary/aromatic N) is 1. The molecule has 1 fully saturated rings. The summed E-state index contributed by atoms with van der Waals surface area (Å²) in [5, 5.41) is 2.92. The van der Waals surface area contributed by atoms with Crippen LogP contribution in [0.1, 0.15) is 19.8 Å². The zero-order chi connectivity index (χ0) is 16.8. The predicted molar refractivity (Wildman–Crippen MR) is 96.4 cm³/mol. The van der Waals surface area contributed by atoms with E-state index in [1.54, 1.807) is 7.11 Å². The first kappa shape index (κ1) is 20.3. The monoisotopic (exact) mass is 355 g/mol. The predicted octanol–water partition coefficient (Wildman–Crippen LogP) is 1.89. The largest absolute Gasteiger partial charge is 0.495 e. The molecule has 0 radical (unpaired) electrons. The van der Waals surface area contributed by atoms with Crippen molar-refractivity contribution >= 4 is 29.9 Å². The van der Waals surface area contributed by atoms with Gasteiger partial charge in [-0.3, -0.25) is 9.59 Å². The average molecular weight is 356 g/mol. The third-order valence-corrected chi connectivity index (χ3v) is 4.32. The third kappa shape index (κ3) is 4.85. The van der Waals surface area contributed by atoms with Gasteiger partial charge in [-0.2, -0.15) is 0 Å². The number of hydrogen-bond donors (Lipinski definition) is 2. The van der Waals surface area contributed by atoms with Crippen LogP contribution in [0.2, 0.25) is 0 Å². The van der Waals surface area contributed by atoms with Gasteiger partial charge >= 0.3 is 0 Å². The number of benzene rings is 1. The molecule has 1 aliphatic rings. The lowest BCUT2D eigenvalue weighted by molar-refractivity contribution is -0.137. The highest BCUT2D eigenvalue weighted by Crippen LogP contribution is 2.26. The Morgan fingerprint density at radius 1 is 1.33 bits per heavy atom. The molecule has 2 amide bonds. The van der Waals surface area contributed by atoms with Crippen LogP contribution in [0.5, 0.6) is 5.75 Å². The Kier molecular flexibility index (Phi) is 8.01. The Morgan fingerprint density at radius 3 is 2.54 bits per heavy atom. The van der Waals surface area contributed by atoms with Gasteiger partial charge in [0.15, 0.2) is 0 Å². The number of carbonyl (C=O) groups is 2. The number of nitrogens with one attached hydrogen (secondary N) is 1. The summed E-state index contributed by atoms with van der Waals surface area (Å²) in [6, 6.07) is 7.34. The summed E-state index contributed by atoms with van der Waals surface area (Å²) in [6.07, 6.45) is 1.34. The van der Waals surface area contributed by atoms with Gasteiger partial charge in [-0.1, -0.05) is 19.1 Å². The molecule has 7 heteroatoms. The molecule has 0 aliphatic carbocycles. The van der Waals surface area contributed by atoms with Gasteiger partial charge in [0, 0.05) is 31.5 Å². The van der Waals surface area contributed by atoms with E-state index in [0.29, 0.717) is 43.9 Å². The molecule has 134 valence electrons. The fourth-order valence-corrected chi connectivity index (χ4v) is 2.76. The molecule has 1 atom stereocenters. The van der Waals surface area contributed by atoms with Crippen LogP contribution in [0.15, 0.2) is 24.3 Å². The molecule has 6 nitrogen and oxygen atoms in total. The molecule has 1 aromatic carbocycles. The maximum atomic E-state index is 12.4. The fourth-order valence-electron chi connectivity index (χ4n) is 2.76. The molecule has 0 spiro atoms. The zero-order valence-corrected chi connectivity index (χ0v) is 15.0. The number of halogens is 1. The number of methoxy groups -OCH3 is 1. The number of piperidine rings is 1. The molecular weight excluding hydrogens is 330 g/mol. The van der Waals surface area contributed by atoms with Crippen LogP contribution >= 0.6 is 12.4 Å². The summed E-state index contributed by atoms with van der Waals surface area (Å²) in [5.74, 6) is 0.459. The lowest BCUT2D eigenvalue weighted by Gasteiger charge is -2.32. The van der Waals surface area contributed by atoms with Crippen molar-refractivity contribution in [1.82, 2.24) is 4.90 Å². The van der Waals surface area contributed by atoms with Crippen molar-refractivity contribution in [1.29, 1.82) is 0 Å². The molecule has 1 aromatic rings. The minimum Gasteiger partial charge on any atom is -0.495 e. The van der Waals surface area contributed by atoms with E-state index in [4.69, 9.17) is 10.5 Å². The van der Waals surface area contributed by atoms with E-state index < -0.39 is 0 Å². The normalized spacial score (nSPS) is 16.0. The van der Waals surface area contributed by atoms with Crippen LogP contribution in [0.3, 0.4) is 0 Å². The van der Waals surface area contributed by atoms with E-state index in [9.17, 15) is 9.59 Å². The first-order chi connectivity index (χ1) is 11.1. The van der Waals surface area contributed by atoms with Gasteiger partial charge in [-0.05, 0) is 25.0 Å². The zero-order valence-electron chi connectivity index (χ0n) is 14.2. The number of para-hydroxylation sites is 2. The van der Waals surface area contributed by atoms with Gasteiger partial charge in [0.2, 0.25) is 11.8 Å². The van der Waals surface area contributed by atoms with Crippen molar-refractivity contribution in [3.05, 3.63) is 24.3 Å². The molecule has 0 saturated carbocycles. The van der Waals surface area contributed by atoms with Gasteiger partial charge < -0.3 is 20.7 Å². The van der Waals surface area contributed by atoms with Crippen molar-refractivity contribution in [2.45, 2.75) is 19.8 Å². The first-order valence-electron chi connectivity index (χ1n) is 7.99.